The average Bonchev–Trinajstić information content (AvgIpc) is 3.24. The number of nitrogens with zero attached hydrogens (tertiary/aromatic N) is 2. The number of halogens is 1. The van der Waals surface area contributed by atoms with Crippen LogP contribution in [0.25, 0.3) is 11.5 Å². The minimum atomic E-state index is -3.20. The molecular weight excluding hydrogens is 364 g/mol. The summed E-state index contributed by atoms with van der Waals surface area (Å²) in [6.45, 7) is 1.87. The third-order valence-corrected chi connectivity index (χ3v) is 5.79. The van der Waals surface area contributed by atoms with E-state index in [-0.39, 0.29) is 24.7 Å². The van der Waals surface area contributed by atoms with Gasteiger partial charge in [0.25, 0.3) is 5.89 Å². The fourth-order valence-electron chi connectivity index (χ4n) is 2.83. The Morgan fingerprint density at radius 2 is 1.88 bits per heavy atom. The molecule has 1 fully saturated rings. The molecule has 25 heavy (non-hydrogen) atoms. The number of nitrogens with two attached hydrogens (primary N) is 1. The van der Waals surface area contributed by atoms with Crippen molar-refractivity contribution in [3.05, 3.63) is 35.7 Å². The summed E-state index contributed by atoms with van der Waals surface area (Å²) < 4.78 is 30.8. The Labute approximate surface area is 153 Å². The van der Waals surface area contributed by atoms with Crippen molar-refractivity contribution >= 4 is 22.4 Å². The Kier molecular flexibility index (Phi) is 6.21. The molecule has 3 rings (SSSR count). The van der Waals surface area contributed by atoms with Crippen LogP contribution < -0.4 is 10.5 Å². The van der Waals surface area contributed by atoms with Crippen LogP contribution in [0, 0.1) is 0 Å². The Morgan fingerprint density at radius 1 is 1.24 bits per heavy atom. The lowest BCUT2D eigenvalue weighted by Gasteiger charge is -2.17. The third kappa shape index (κ3) is 4.58. The number of sulfonamides is 1. The largest absolute Gasteiger partial charge is 0.334 e. The maximum Gasteiger partial charge on any atom is 0.257 e. The van der Waals surface area contributed by atoms with Gasteiger partial charge in [-0.15, -0.1) is 12.4 Å². The van der Waals surface area contributed by atoms with Crippen LogP contribution in [0.1, 0.15) is 44.0 Å². The molecule has 3 N–H and O–H groups in total. The highest BCUT2D eigenvalue weighted by Crippen LogP contribution is 2.35. The molecule has 1 heterocycles. The molecular formula is C16H23ClN4O3S. The van der Waals surface area contributed by atoms with Crippen LogP contribution in [0.3, 0.4) is 0 Å². The zero-order valence-electron chi connectivity index (χ0n) is 14.1. The smallest absolute Gasteiger partial charge is 0.257 e. The molecule has 1 aliphatic rings. The van der Waals surface area contributed by atoms with Crippen molar-refractivity contribution in [2.45, 2.75) is 44.7 Å². The third-order valence-electron chi connectivity index (χ3n) is 4.44. The number of benzene rings is 1. The monoisotopic (exact) mass is 386 g/mol. The summed E-state index contributed by atoms with van der Waals surface area (Å²) in [5, 5.41) is 4.05. The maximum atomic E-state index is 11.5. The maximum absolute atomic E-state index is 11.5. The van der Waals surface area contributed by atoms with Crippen molar-refractivity contribution in [2.75, 3.05) is 5.75 Å². The molecule has 0 radical (unpaired) electrons. The van der Waals surface area contributed by atoms with Gasteiger partial charge in [-0.2, -0.15) is 4.98 Å². The van der Waals surface area contributed by atoms with Gasteiger partial charge in [0.1, 0.15) is 0 Å². The fourth-order valence-corrected chi connectivity index (χ4v) is 3.42. The van der Waals surface area contributed by atoms with Gasteiger partial charge in [0, 0.05) is 12.1 Å². The van der Waals surface area contributed by atoms with E-state index in [2.05, 4.69) is 14.9 Å². The van der Waals surface area contributed by atoms with E-state index in [0.29, 0.717) is 11.7 Å². The quantitative estimate of drug-likeness (QED) is 0.788. The van der Waals surface area contributed by atoms with Crippen LogP contribution in [0.5, 0.6) is 0 Å². The number of nitrogens with one attached hydrogen (secondary N) is 1. The van der Waals surface area contributed by atoms with Crippen LogP contribution >= 0.6 is 12.4 Å². The Hall–Kier alpha value is -1.48. The van der Waals surface area contributed by atoms with Gasteiger partial charge in [-0.1, -0.05) is 30.1 Å². The van der Waals surface area contributed by atoms with E-state index >= 15 is 0 Å². The van der Waals surface area contributed by atoms with Gasteiger partial charge in [0.05, 0.1) is 11.3 Å². The second-order valence-corrected chi connectivity index (χ2v) is 8.30. The first-order chi connectivity index (χ1) is 11.4. The molecule has 0 unspecified atom stereocenters. The molecule has 1 saturated carbocycles. The number of rotatable bonds is 6. The molecule has 7 nitrogen and oxygen atoms in total. The van der Waals surface area contributed by atoms with Gasteiger partial charge in [-0.25, -0.2) is 13.1 Å². The van der Waals surface area contributed by atoms with Gasteiger partial charge in [0.2, 0.25) is 10.0 Å². The summed E-state index contributed by atoms with van der Waals surface area (Å²) in [6.07, 6.45) is 3.93. The van der Waals surface area contributed by atoms with Gasteiger partial charge in [-0.05, 0) is 37.5 Å². The van der Waals surface area contributed by atoms with Crippen LogP contribution in [-0.4, -0.2) is 24.3 Å². The fraction of sp³-hybridized carbons (Fsp3) is 0.500. The molecule has 0 amide bonds. The van der Waals surface area contributed by atoms with Crippen LogP contribution in [0.4, 0.5) is 0 Å². The van der Waals surface area contributed by atoms with E-state index in [1.165, 1.54) is 0 Å². The Bertz CT molecular complexity index is 799. The summed E-state index contributed by atoms with van der Waals surface area (Å²) in [4.78, 5) is 4.45. The zero-order chi connectivity index (χ0) is 17.2. The summed E-state index contributed by atoms with van der Waals surface area (Å²) in [5.41, 5.74) is 7.52. The van der Waals surface area contributed by atoms with Crippen molar-refractivity contribution in [2.24, 2.45) is 5.73 Å². The Morgan fingerprint density at radius 3 is 2.48 bits per heavy atom. The summed E-state index contributed by atoms with van der Waals surface area (Å²) >= 11 is 0. The van der Waals surface area contributed by atoms with Crippen molar-refractivity contribution in [3.8, 4) is 11.5 Å². The molecule has 1 aromatic carbocycles. The minimum absolute atomic E-state index is 0. The van der Waals surface area contributed by atoms with E-state index in [9.17, 15) is 8.42 Å². The Balaban J connectivity index is 0.00000225. The second-order valence-electron chi connectivity index (χ2n) is 6.21. The molecule has 9 heteroatoms. The molecule has 0 bridgehead atoms. The lowest BCUT2D eigenvalue weighted by atomic mass is 9.99. The lowest BCUT2D eigenvalue weighted by molar-refractivity contribution is 0.372. The van der Waals surface area contributed by atoms with E-state index in [1.807, 2.05) is 24.3 Å². The molecule has 1 aliphatic carbocycles. The summed E-state index contributed by atoms with van der Waals surface area (Å²) in [7, 11) is -3.20. The first-order valence-electron chi connectivity index (χ1n) is 8.12. The minimum Gasteiger partial charge on any atom is -0.334 e. The highest BCUT2D eigenvalue weighted by Gasteiger charge is 2.36. The SMILES string of the molecule is CCS(=O)(=O)NCc1ccc(-c2nc(C3(N)CCCC3)no2)cc1.Cl. The second kappa shape index (κ2) is 7.82. The van der Waals surface area contributed by atoms with Crippen LogP contribution in [0.2, 0.25) is 0 Å². The first-order valence-corrected chi connectivity index (χ1v) is 9.77. The molecule has 138 valence electrons. The van der Waals surface area contributed by atoms with Gasteiger partial charge < -0.3 is 10.3 Å². The van der Waals surface area contributed by atoms with Gasteiger partial charge >= 0.3 is 0 Å². The van der Waals surface area contributed by atoms with Crippen LogP contribution in [0.15, 0.2) is 28.8 Å². The van der Waals surface area contributed by atoms with Crippen molar-refractivity contribution in [1.29, 1.82) is 0 Å². The molecule has 0 aliphatic heterocycles. The first kappa shape index (κ1) is 19.8. The predicted octanol–water partition coefficient (Wildman–Crippen LogP) is 2.33. The zero-order valence-corrected chi connectivity index (χ0v) is 15.7. The number of aromatic nitrogens is 2. The number of hydrogen-bond donors (Lipinski definition) is 2. The lowest BCUT2D eigenvalue weighted by Crippen LogP contribution is -2.34. The van der Waals surface area contributed by atoms with Crippen LogP contribution in [-0.2, 0) is 22.1 Å². The van der Waals surface area contributed by atoms with E-state index < -0.39 is 15.6 Å². The van der Waals surface area contributed by atoms with Gasteiger partial charge in [0.15, 0.2) is 5.82 Å². The summed E-state index contributed by atoms with van der Waals surface area (Å²) in [6, 6.07) is 7.35. The molecule has 1 aromatic heterocycles. The van der Waals surface area contributed by atoms with E-state index in [4.69, 9.17) is 10.3 Å². The van der Waals surface area contributed by atoms with Gasteiger partial charge in [-0.3, -0.25) is 0 Å². The van der Waals surface area contributed by atoms with Crippen molar-refractivity contribution in [3.63, 3.8) is 0 Å². The highest BCUT2D eigenvalue weighted by atomic mass is 35.5. The standard InChI is InChI=1S/C16H22N4O3S.ClH/c1-2-24(21,22)18-11-12-5-7-13(8-6-12)14-19-15(20-23-14)16(17)9-3-4-10-16;/h5-8,18H,2-4,9-11,17H2,1H3;1H. The molecule has 2 aromatic rings. The average molecular weight is 387 g/mol. The van der Waals surface area contributed by atoms with E-state index in [0.717, 1.165) is 36.8 Å². The van der Waals surface area contributed by atoms with E-state index in [1.54, 1.807) is 6.92 Å². The molecule has 0 saturated heterocycles. The van der Waals surface area contributed by atoms with Crippen molar-refractivity contribution < 1.29 is 12.9 Å². The summed E-state index contributed by atoms with van der Waals surface area (Å²) in [5.74, 6) is 1.06. The van der Waals surface area contributed by atoms with Crippen molar-refractivity contribution in [1.82, 2.24) is 14.9 Å². The predicted molar refractivity (Wildman–Crippen MR) is 97.6 cm³/mol. The highest BCUT2D eigenvalue weighted by molar-refractivity contribution is 7.89. The topological polar surface area (TPSA) is 111 Å². The number of hydrogen-bond acceptors (Lipinski definition) is 6. The molecule has 0 atom stereocenters. The normalized spacial score (nSPS) is 16.6. The molecule has 0 spiro atoms.